The van der Waals surface area contributed by atoms with Gasteiger partial charge in [0, 0.05) is 0 Å². The molecule has 4 aromatic rings. The van der Waals surface area contributed by atoms with Crippen LogP contribution in [-0.4, -0.2) is 34.5 Å². The molecule has 0 bridgehead atoms. The van der Waals surface area contributed by atoms with E-state index in [1.165, 1.54) is 0 Å². The fraction of sp³-hybridized carbons (Fsp3) is 0.200. The quantitative estimate of drug-likeness (QED) is 0.156. The highest BCUT2D eigenvalue weighted by molar-refractivity contribution is 7.61. The maximum Gasteiger partial charge on any atom is 0.358 e. The van der Waals surface area contributed by atoms with Gasteiger partial charge in [-0.3, -0.25) is 13.7 Å². The summed E-state index contributed by atoms with van der Waals surface area (Å²) in [5.41, 5.74) is 4.74. The zero-order valence-corrected chi connectivity index (χ0v) is 26.1. The molecular weight excluding hydrogens is 597 g/mol. The molecule has 9 nitrogen and oxygen atoms in total. The van der Waals surface area contributed by atoms with E-state index in [-0.39, 0.29) is 35.7 Å². The predicted molar refractivity (Wildman–Crippen MR) is 166 cm³/mol. The van der Waals surface area contributed by atoms with Gasteiger partial charge in [0.05, 0.1) is 35.7 Å². The summed E-state index contributed by atoms with van der Waals surface area (Å²) in [5.74, 6) is 0. The average Bonchev–Trinajstić information content (AvgIpc) is 2.97. The van der Waals surface area contributed by atoms with Gasteiger partial charge in [-0.25, -0.2) is 0 Å². The Hall–Kier alpha value is -2.67. The lowest BCUT2D eigenvalue weighted by atomic mass is 9.93. The van der Waals surface area contributed by atoms with Gasteiger partial charge in [0.15, 0.2) is 0 Å². The molecule has 0 radical (unpaired) electrons. The van der Waals surface area contributed by atoms with Crippen molar-refractivity contribution < 1.29 is 41.9 Å². The van der Waals surface area contributed by atoms with E-state index < -0.39 is 22.8 Å². The molecule has 0 spiro atoms. The van der Waals surface area contributed by atoms with Crippen molar-refractivity contribution in [2.24, 2.45) is 0 Å². The van der Waals surface area contributed by atoms with Crippen LogP contribution >= 0.6 is 22.8 Å². The number of rotatable bonds is 12. The van der Waals surface area contributed by atoms with Gasteiger partial charge in [0.25, 0.3) is 0 Å². The van der Waals surface area contributed by atoms with Gasteiger partial charge in [-0.2, -0.15) is 0 Å². The summed E-state index contributed by atoms with van der Waals surface area (Å²) in [5, 5.41) is 0.545. The zero-order valence-electron chi connectivity index (χ0n) is 23.4. The zero-order chi connectivity index (χ0) is 30.5. The lowest BCUT2D eigenvalue weighted by Gasteiger charge is -2.15. The molecule has 4 rings (SSSR count). The third-order valence-corrected chi connectivity index (χ3v) is 11.1. The summed E-state index contributed by atoms with van der Waals surface area (Å²) in [4.78, 5) is 30.6. The van der Waals surface area contributed by atoms with Gasteiger partial charge in [-0.1, -0.05) is 36.4 Å². The minimum atomic E-state index is -3.93. The highest BCUT2D eigenvalue weighted by Gasteiger charge is 2.24. The van der Waals surface area contributed by atoms with Gasteiger partial charge in [-0.15, -0.1) is 0 Å². The van der Waals surface area contributed by atoms with Gasteiger partial charge in [0.1, 0.15) is 0 Å². The lowest BCUT2D eigenvalue weighted by Crippen LogP contribution is -2.07. The van der Waals surface area contributed by atoms with E-state index in [0.717, 1.165) is 33.4 Å². The maximum atomic E-state index is 12.5. The van der Waals surface area contributed by atoms with E-state index in [1.54, 1.807) is 93.6 Å². The third-order valence-electron chi connectivity index (χ3n) is 6.43. The summed E-state index contributed by atoms with van der Waals surface area (Å²) in [7, 11) is -11.8. The van der Waals surface area contributed by atoms with E-state index >= 15 is 0 Å². The van der Waals surface area contributed by atoms with Crippen molar-refractivity contribution in [1.82, 2.24) is 0 Å². The van der Waals surface area contributed by atoms with Crippen LogP contribution < -0.4 is 15.9 Å². The van der Waals surface area contributed by atoms with Crippen molar-refractivity contribution in [3.8, 4) is 33.4 Å². The van der Waals surface area contributed by atoms with Gasteiger partial charge in [0.2, 0.25) is 0 Å². The monoisotopic (exact) mass is 630 g/mol. The van der Waals surface area contributed by atoms with E-state index in [9.17, 15) is 28.4 Å². The first-order valence-corrected chi connectivity index (χ1v) is 18.0. The Bertz CT molecular complexity index is 1460. The molecule has 0 heterocycles. The van der Waals surface area contributed by atoms with E-state index in [0.29, 0.717) is 0 Å². The highest BCUT2D eigenvalue weighted by atomic mass is 31.2. The summed E-state index contributed by atoms with van der Waals surface area (Å²) in [6, 6.07) is 25.6. The van der Waals surface area contributed by atoms with Crippen molar-refractivity contribution in [2.45, 2.75) is 20.8 Å². The SMILES string of the molecule is CCOP(=O)(O)c1ccc(-c2cc(-c3ccc(P(=O)(O)OCC)cc3)cc(-c3ccc(P(=O)(O)OCC)cc3)c2)cc1. The van der Waals surface area contributed by atoms with E-state index in [4.69, 9.17) is 13.6 Å². The van der Waals surface area contributed by atoms with Gasteiger partial charge in [-0.05, 0) is 109 Å². The molecule has 0 fully saturated rings. The second-order valence-corrected chi connectivity index (χ2v) is 14.7. The van der Waals surface area contributed by atoms with Crippen LogP contribution in [0.3, 0.4) is 0 Å². The van der Waals surface area contributed by atoms with Crippen LogP contribution in [0.4, 0.5) is 0 Å². The summed E-state index contributed by atoms with van der Waals surface area (Å²) >= 11 is 0. The smallest absolute Gasteiger partial charge is 0.321 e. The Morgan fingerprint density at radius 2 is 0.643 bits per heavy atom. The lowest BCUT2D eigenvalue weighted by molar-refractivity contribution is 0.283. The molecular formula is C30H33O9P3. The van der Waals surface area contributed by atoms with Crippen LogP contribution in [0.25, 0.3) is 33.4 Å². The molecule has 3 unspecified atom stereocenters. The van der Waals surface area contributed by atoms with E-state index in [2.05, 4.69) is 0 Å². The number of benzene rings is 4. The molecule has 12 heteroatoms. The predicted octanol–water partition coefficient (Wildman–Crippen LogP) is 6.23. The second-order valence-electron chi connectivity index (χ2n) is 9.25. The van der Waals surface area contributed by atoms with Crippen LogP contribution in [0.5, 0.6) is 0 Å². The minimum absolute atomic E-state index is 0.102. The summed E-state index contributed by atoms with van der Waals surface area (Å²) < 4.78 is 52.5. The van der Waals surface area contributed by atoms with E-state index in [1.807, 2.05) is 18.2 Å². The minimum Gasteiger partial charge on any atom is -0.321 e. The second kappa shape index (κ2) is 13.3. The molecule has 42 heavy (non-hydrogen) atoms. The Kier molecular flexibility index (Phi) is 10.2. The average molecular weight is 631 g/mol. The third kappa shape index (κ3) is 7.45. The van der Waals surface area contributed by atoms with Crippen molar-refractivity contribution in [1.29, 1.82) is 0 Å². The Labute approximate surface area is 245 Å². The first-order valence-electron chi connectivity index (χ1n) is 13.3. The molecule has 0 aromatic heterocycles. The van der Waals surface area contributed by atoms with Crippen LogP contribution in [0, 0.1) is 0 Å². The Balaban J connectivity index is 1.80. The summed E-state index contributed by atoms with van der Waals surface area (Å²) in [6.07, 6.45) is 0. The van der Waals surface area contributed by atoms with Crippen molar-refractivity contribution in [3.63, 3.8) is 0 Å². The molecule has 222 valence electrons. The van der Waals surface area contributed by atoms with Crippen molar-refractivity contribution >= 4 is 38.7 Å². The maximum absolute atomic E-state index is 12.5. The number of hydrogen-bond donors (Lipinski definition) is 3. The molecule has 0 aliphatic heterocycles. The molecule has 0 aliphatic rings. The normalized spacial score (nSPS) is 15.9. The van der Waals surface area contributed by atoms with Crippen LogP contribution in [0.2, 0.25) is 0 Å². The fourth-order valence-corrected chi connectivity index (χ4v) is 7.48. The molecule has 0 aliphatic carbocycles. The molecule has 4 aromatic carbocycles. The molecule has 0 saturated heterocycles. The first-order chi connectivity index (χ1) is 19.9. The summed E-state index contributed by atoms with van der Waals surface area (Å²) in [6.45, 7) is 5.25. The molecule has 3 atom stereocenters. The standard InChI is InChI=1S/C30H33O9P3/c1-4-37-40(31,32)28-13-7-22(8-14-28)25-19-26(23-9-15-29(16-10-23)41(33,34)38-5-2)21-27(20-25)24-11-17-30(18-12-24)42(35,36)39-6-3/h7-21H,4-6H2,1-3H3,(H,31,32)(H,33,34)(H,35,36). The highest BCUT2D eigenvalue weighted by Crippen LogP contribution is 2.43. The Morgan fingerprint density at radius 3 is 0.833 bits per heavy atom. The van der Waals surface area contributed by atoms with Crippen LogP contribution in [0.15, 0.2) is 91.0 Å². The largest absolute Gasteiger partial charge is 0.358 e. The molecule has 3 N–H and O–H groups in total. The topological polar surface area (TPSA) is 140 Å². The first kappa shape index (κ1) is 32.2. The van der Waals surface area contributed by atoms with Crippen LogP contribution in [-0.2, 0) is 27.3 Å². The van der Waals surface area contributed by atoms with Crippen LogP contribution in [0.1, 0.15) is 20.8 Å². The van der Waals surface area contributed by atoms with Gasteiger partial charge < -0.3 is 28.3 Å². The molecule has 0 saturated carbocycles. The number of hydrogen-bond acceptors (Lipinski definition) is 6. The fourth-order valence-electron chi connectivity index (χ4n) is 4.40. The van der Waals surface area contributed by atoms with Gasteiger partial charge >= 0.3 is 22.8 Å². The van der Waals surface area contributed by atoms with Crippen molar-refractivity contribution in [3.05, 3.63) is 91.0 Å². The molecule has 0 amide bonds. The van der Waals surface area contributed by atoms with Crippen molar-refractivity contribution in [2.75, 3.05) is 19.8 Å². The Morgan fingerprint density at radius 1 is 0.429 bits per heavy atom.